The minimum absolute atomic E-state index is 0.0254. The summed E-state index contributed by atoms with van der Waals surface area (Å²) < 4.78 is 23.9. The third-order valence-corrected chi connectivity index (χ3v) is 9.02. The number of carboxylic acid groups (broad SMARTS) is 1. The van der Waals surface area contributed by atoms with Crippen molar-refractivity contribution in [2.24, 2.45) is 0 Å². The molecule has 5 rings (SSSR count). The highest BCUT2D eigenvalue weighted by Gasteiger charge is 2.36. The summed E-state index contributed by atoms with van der Waals surface area (Å²) in [7, 11) is 3.19. The summed E-state index contributed by atoms with van der Waals surface area (Å²) in [5.41, 5.74) is 5.91. The van der Waals surface area contributed by atoms with E-state index in [9.17, 15) is 18.3 Å². The topological polar surface area (TPSA) is 77.9 Å². The second-order valence-corrected chi connectivity index (χ2v) is 12.2. The van der Waals surface area contributed by atoms with Gasteiger partial charge in [-0.25, -0.2) is 13.2 Å². The molecule has 1 N–H and O–H groups in total. The Bertz CT molecular complexity index is 1350. The maximum absolute atomic E-state index is 12.0. The van der Waals surface area contributed by atoms with E-state index >= 15 is 0 Å². The molecule has 1 fully saturated rings. The molecule has 36 heavy (non-hydrogen) atoms. The number of likely N-dealkylation sites (tertiary alicyclic amines) is 1. The van der Waals surface area contributed by atoms with E-state index < -0.39 is 21.2 Å². The van der Waals surface area contributed by atoms with Crippen molar-refractivity contribution in [3.8, 4) is 11.1 Å². The zero-order valence-electron chi connectivity index (χ0n) is 20.0. The number of rotatable bonds is 7. The number of benzene rings is 3. The molecule has 1 amide bonds. The largest absolute Gasteiger partial charge is 0.465 e. The highest BCUT2D eigenvalue weighted by Crippen LogP contribution is 2.47. The quantitative estimate of drug-likeness (QED) is 0.387. The Hall–Kier alpha value is -2.87. The average molecular weight is 525 g/mol. The van der Waals surface area contributed by atoms with Gasteiger partial charge in [0.25, 0.3) is 9.05 Å². The Kier molecular flexibility index (Phi) is 6.81. The molecule has 6 nitrogen and oxygen atoms in total. The van der Waals surface area contributed by atoms with E-state index in [4.69, 9.17) is 10.7 Å². The normalized spacial score (nSPS) is 18.6. The molecule has 3 aromatic rings. The van der Waals surface area contributed by atoms with E-state index in [1.54, 1.807) is 12.1 Å². The van der Waals surface area contributed by atoms with Gasteiger partial charge < -0.3 is 10.0 Å². The third-order valence-electron chi connectivity index (χ3n) is 7.67. The Balaban J connectivity index is 1.43. The van der Waals surface area contributed by atoms with Crippen molar-refractivity contribution in [2.45, 2.75) is 42.2 Å². The van der Waals surface area contributed by atoms with Gasteiger partial charge in [-0.15, -0.1) is 0 Å². The predicted molar refractivity (Wildman–Crippen MR) is 141 cm³/mol. The van der Waals surface area contributed by atoms with Gasteiger partial charge in [-0.05, 0) is 65.8 Å². The van der Waals surface area contributed by atoms with Crippen LogP contribution >= 0.6 is 10.7 Å². The number of fused-ring (bicyclic) bond motifs is 3. The minimum Gasteiger partial charge on any atom is -0.465 e. The molecule has 2 atom stereocenters. The van der Waals surface area contributed by atoms with Crippen LogP contribution in [0.2, 0.25) is 0 Å². The molecule has 2 aliphatic rings. The van der Waals surface area contributed by atoms with Crippen LogP contribution in [0.5, 0.6) is 0 Å². The lowest BCUT2D eigenvalue weighted by molar-refractivity contribution is 0.115. The van der Waals surface area contributed by atoms with Gasteiger partial charge in [0, 0.05) is 36.2 Å². The van der Waals surface area contributed by atoms with Gasteiger partial charge in [0.1, 0.15) is 0 Å². The molecule has 0 saturated carbocycles. The summed E-state index contributed by atoms with van der Waals surface area (Å²) in [6, 6.07) is 23.2. The summed E-state index contributed by atoms with van der Waals surface area (Å²) in [5, 5.41) is 9.79. The number of likely N-dealkylation sites (N-methyl/N-ethyl adjacent to an activating group) is 1. The van der Waals surface area contributed by atoms with Crippen molar-refractivity contribution in [3.63, 3.8) is 0 Å². The Labute approximate surface area is 216 Å². The van der Waals surface area contributed by atoms with E-state index in [0.29, 0.717) is 24.1 Å². The Morgan fingerprint density at radius 2 is 1.69 bits per heavy atom. The SMILES string of the molecule is CN(C(=O)O)C(CN1CCCC1CC1c2ccccc2-c2ccccc21)c1cccc(S(=O)(=O)Cl)c1. The standard InChI is InChI=1S/C28H29ClN2O4S/c1-30(28(32)33)27(19-8-6-10-21(16-19)36(29,34)35)18-31-15-7-9-20(31)17-26-24-13-4-2-11-22(24)23-12-3-5-14-25(23)26/h2-6,8,10-14,16,20,26-27H,7,9,15,17-18H2,1H3,(H,32,33). The number of halogens is 1. The lowest BCUT2D eigenvalue weighted by Gasteiger charge is -2.34. The molecule has 0 bridgehead atoms. The van der Waals surface area contributed by atoms with Gasteiger partial charge in [0.15, 0.2) is 0 Å². The van der Waals surface area contributed by atoms with Gasteiger partial charge in [0.2, 0.25) is 0 Å². The fourth-order valence-corrected chi connectivity index (χ4v) is 6.67. The van der Waals surface area contributed by atoms with Crippen LogP contribution in [0.3, 0.4) is 0 Å². The van der Waals surface area contributed by atoms with Crippen LogP contribution in [0, 0.1) is 0 Å². The van der Waals surface area contributed by atoms with Gasteiger partial charge >= 0.3 is 6.09 Å². The number of hydrogen-bond acceptors (Lipinski definition) is 4. The van der Waals surface area contributed by atoms with Crippen LogP contribution in [-0.2, 0) is 9.05 Å². The van der Waals surface area contributed by atoms with E-state index in [1.165, 1.54) is 46.3 Å². The average Bonchev–Trinajstić information content (AvgIpc) is 3.44. The lowest BCUT2D eigenvalue weighted by Crippen LogP contribution is -2.41. The van der Waals surface area contributed by atoms with Crippen LogP contribution in [0.1, 0.15) is 47.9 Å². The molecule has 1 aliphatic carbocycles. The highest BCUT2D eigenvalue weighted by atomic mass is 35.7. The van der Waals surface area contributed by atoms with Crippen LogP contribution < -0.4 is 0 Å². The third kappa shape index (κ3) is 4.75. The van der Waals surface area contributed by atoms with Crippen molar-refractivity contribution in [1.29, 1.82) is 0 Å². The second-order valence-electron chi connectivity index (χ2n) is 9.67. The first-order valence-electron chi connectivity index (χ1n) is 12.2. The maximum Gasteiger partial charge on any atom is 0.407 e. The molecule has 1 aliphatic heterocycles. The summed E-state index contributed by atoms with van der Waals surface area (Å²) in [6.07, 6.45) is 1.97. The molecular formula is C28H29ClN2O4S. The molecule has 3 aromatic carbocycles. The summed E-state index contributed by atoms with van der Waals surface area (Å²) in [6.45, 7) is 1.35. The summed E-state index contributed by atoms with van der Waals surface area (Å²) in [4.78, 5) is 15.6. The monoisotopic (exact) mass is 524 g/mol. The van der Waals surface area contributed by atoms with Gasteiger partial charge in [-0.2, -0.15) is 0 Å². The number of carbonyl (C=O) groups is 1. The van der Waals surface area contributed by atoms with Crippen LogP contribution in [0.4, 0.5) is 4.79 Å². The number of hydrogen-bond donors (Lipinski definition) is 1. The predicted octanol–water partition coefficient (Wildman–Crippen LogP) is 5.93. The molecule has 1 heterocycles. The van der Waals surface area contributed by atoms with E-state index in [2.05, 4.69) is 53.4 Å². The zero-order valence-corrected chi connectivity index (χ0v) is 21.6. The molecule has 8 heteroatoms. The summed E-state index contributed by atoms with van der Waals surface area (Å²) in [5.74, 6) is 0.295. The molecule has 188 valence electrons. The van der Waals surface area contributed by atoms with E-state index in [-0.39, 0.29) is 4.90 Å². The summed E-state index contributed by atoms with van der Waals surface area (Å²) >= 11 is 0. The van der Waals surface area contributed by atoms with Gasteiger partial charge in [0.05, 0.1) is 10.9 Å². The van der Waals surface area contributed by atoms with Crippen LogP contribution in [0.25, 0.3) is 11.1 Å². The van der Waals surface area contributed by atoms with Crippen molar-refractivity contribution in [2.75, 3.05) is 20.1 Å². The highest BCUT2D eigenvalue weighted by molar-refractivity contribution is 8.13. The number of nitrogens with zero attached hydrogens (tertiary/aromatic N) is 2. The second kappa shape index (κ2) is 9.88. The Morgan fingerprint density at radius 3 is 2.31 bits per heavy atom. The molecule has 0 spiro atoms. The van der Waals surface area contributed by atoms with Crippen LogP contribution in [0.15, 0.2) is 77.7 Å². The molecular weight excluding hydrogens is 496 g/mol. The maximum atomic E-state index is 12.0. The fraction of sp³-hybridized carbons (Fsp3) is 0.321. The number of amides is 1. The van der Waals surface area contributed by atoms with Crippen LogP contribution in [-0.4, -0.2) is 55.6 Å². The smallest absolute Gasteiger partial charge is 0.407 e. The minimum atomic E-state index is -3.92. The molecule has 0 aromatic heterocycles. The Morgan fingerprint density at radius 1 is 1.06 bits per heavy atom. The first-order valence-corrected chi connectivity index (χ1v) is 14.5. The lowest BCUT2D eigenvalue weighted by atomic mass is 9.89. The van der Waals surface area contributed by atoms with Crippen molar-refractivity contribution < 1.29 is 18.3 Å². The van der Waals surface area contributed by atoms with Gasteiger partial charge in [-0.1, -0.05) is 60.7 Å². The van der Waals surface area contributed by atoms with E-state index in [1.807, 2.05) is 0 Å². The molecule has 0 radical (unpaired) electrons. The van der Waals surface area contributed by atoms with Gasteiger partial charge in [-0.3, -0.25) is 4.90 Å². The first kappa shape index (κ1) is 24.8. The molecule has 2 unspecified atom stereocenters. The zero-order chi connectivity index (χ0) is 25.4. The van der Waals surface area contributed by atoms with E-state index in [0.717, 1.165) is 25.8 Å². The molecule has 1 saturated heterocycles. The van der Waals surface area contributed by atoms with Crippen molar-refractivity contribution in [3.05, 3.63) is 89.5 Å². The van der Waals surface area contributed by atoms with Crippen molar-refractivity contribution >= 4 is 25.8 Å². The van der Waals surface area contributed by atoms with Crippen molar-refractivity contribution in [1.82, 2.24) is 9.80 Å². The first-order chi connectivity index (χ1) is 17.2. The fourth-order valence-electron chi connectivity index (χ4n) is 5.87.